The third-order valence-electron chi connectivity index (χ3n) is 5.34. The normalized spacial score (nSPS) is 12.2. The van der Waals surface area contributed by atoms with Crippen LogP contribution in [0.25, 0.3) is 21.9 Å². The fourth-order valence-corrected chi connectivity index (χ4v) is 4.76. The van der Waals surface area contributed by atoms with Crippen molar-refractivity contribution in [2.45, 2.75) is 32.2 Å². The Bertz CT molecular complexity index is 1330. The lowest BCUT2D eigenvalue weighted by molar-refractivity contribution is 0.0697. The fourth-order valence-electron chi connectivity index (χ4n) is 3.76. The highest BCUT2D eigenvalue weighted by Gasteiger charge is 2.16. The van der Waals surface area contributed by atoms with E-state index in [2.05, 4.69) is 23.7 Å². The molecule has 0 aliphatic rings. The quantitative estimate of drug-likeness (QED) is 0.392. The van der Waals surface area contributed by atoms with E-state index in [1.165, 1.54) is 0 Å². The number of anilines is 1. The molecule has 0 bridgehead atoms. The van der Waals surface area contributed by atoms with Gasteiger partial charge in [-0.25, -0.2) is 9.00 Å². The van der Waals surface area contributed by atoms with E-state index in [9.17, 15) is 14.1 Å². The van der Waals surface area contributed by atoms with Crippen LogP contribution in [-0.2, 0) is 17.5 Å². The summed E-state index contributed by atoms with van der Waals surface area (Å²) in [5.41, 5.74) is 3.60. The van der Waals surface area contributed by atoms with Crippen molar-refractivity contribution in [1.82, 2.24) is 9.78 Å². The second-order valence-electron chi connectivity index (χ2n) is 8.13. The monoisotopic (exact) mass is 447 g/mol. The van der Waals surface area contributed by atoms with Gasteiger partial charge in [0, 0.05) is 11.9 Å². The standard InChI is InChI=1S/C25H25N3O3S/c1-16(2)15-28-17(3)24(14-26-28)32(31)27-23-12-11-20(21-9-4-5-10-22(21)23)18-7-6-8-19(13-18)25(29)30/h4-14,16,27H,15H2,1-3H3,(H,29,30). The molecule has 1 heterocycles. The third kappa shape index (κ3) is 4.29. The molecule has 0 fully saturated rings. The second-order valence-corrected chi connectivity index (χ2v) is 9.31. The molecule has 7 heteroatoms. The first kappa shape index (κ1) is 21.8. The van der Waals surface area contributed by atoms with E-state index in [1.54, 1.807) is 24.4 Å². The molecule has 0 saturated heterocycles. The number of hydrogen-bond acceptors (Lipinski definition) is 3. The van der Waals surface area contributed by atoms with Crippen LogP contribution in [0.15, 0.2) is 71.8 Å². The largest absolute Gasteiger partial charge is 0.478 e. The van der Waals surface area contributed by atoms with Crippen molar-refractivity contribution < 1.29 is 14.1 Å². The minimum absolute atomic E-state index is 0.240. The molecular formula is C25H25N3O3S. The van der Waals surface area contributed by atoms with Gasteiger partial charge in [-0.15, -0.1) is 0 Å². The number of nitrogens with zero attached hydrogens (tertiary/aromatic N) is 2. The first-order valence-electron chi connectivity index (χ1n) is 10.4. The number of hydrogen-bond donors (Lipinski definition) is 2. The minimum Gasteiger partial charge on any atom is -0.478 e. The smallest absolute Gasteiger partial charge is 0.335 e. The number of rotatable bonds is 7. The van der Waals surface area contributed by atoms with Gasteiger partial charge in [-0.3, -0.25) is 4.68 Å². The summed E-state index contributed by atoms with van der Waals surface area (Å²) in [6.07, 6.45) is 1.66. The maximum absolute atomic E-state index is 13.1. The minimum atomic E-state index is -1.47. The number of aromatic nitrogens is 2. The summed E-state index contributed by atoms with van der Waals surface area (Å²) in [6.45, 7) is 6.95. The first-order chi connectivity index (χ1) is 15.3. The number of benzene rings is 3. The molecule has 32 heavy (non-hydrogen) atoms. The van der Waals surface area contributed by atoms with E-state index >= 15 is 0 Å². The van der Waals surface area contributed by atoms with Crippen LogP contribution in [-0.4, -0.2) is 25.1 Å². The Kier molecular flexibility index (Phi) is 6.10. The van der Waals surface area contributed by atoms with Crippen LogP contribution in [0.4, 0.5) is 5.69 Å². The van der Waals surface area contributed by atoms with Gasteiger partial charge in [0.1, 0.15) is 4.90 Å². The molecule has 4 aromatic rings. The van der Waals surface area contributed by atoms with Crippen molar-refractivity contribution in [3.63, 3.8) is 0 Å². The highest BCUT2D eigenvalue weighted by atomic mass is 32.2. The van der Waals surface area contributed by atoms with Crippen LogP contribution in [0.5, 0.6) is 0 Å². The third-order valence-corrected chi connectivity index (χ3v) is 6.55. The first-order valence-corrected chi connectivity index (χ1v) is 11.6. The molecule has 1 unspecified atom stereocenters. The van der Waals surface area contributed by atoms with E-state index in [-0.39, 0.29) is 5.56 Å². The number of fused-ring (bicyclic) bond motifs is 1. The predicted octanol–water partition coefficient (Wildman–Crippen LogP) is 5.50. The average molecular weight is 448 g/mol. The zero-order valence-electron chi connectivity index (χ0n) is 18.2. The molecule has 4 rings (SSSR count). The second kappa shape index (κ2) is 8.96. The SMILES string of the molecule is Cc1c(S(=O)Nc2ccc(-c3cccc(C(=O)O)c3)c3ccccc23)cnn1CC(C)C. The van der Waals surface area contributed by atoms with Gasteiger partial charge in [0.2, 0.25) is 0 Å². The molecule has 3 aromatic carbocycles. The molecule has 0 spiro atoms. The van der Waals surface area contributed by atoms with Gasteiger partial charge in [0.05, 0.1) is 23.1 Å². The number of aromatic carboxylic acids is 1. The van der Waals surface area contributed by atoms with E-state index < -0.39 is 17.0 Å². The average Bonchev–Trinajstić information content (AvgIpc) is 3.13. The summed E-state index contributed by atoms with van der Waals surface area (Å²) < 4.78 is 18.2. The molecule has 0 amide bonds. The van der Waals surface area contributed by atoms with Crippen LogP contribution in [0.3, 0.4) is 0 Å². The van der Waals surface area contributed by atoms with Crippen LogP contribution in [0, 0.1) is 12.8 Å². The van der Waals surface area contributed by atoms with Crippen molar-refractivity contribution in [3.05, 3.63) is 78.1 Å². The van der Waals surface area contributed by atoms with E-state index in [0.717, 1.165) is 39.8 Å². The summed E-state index contributed by atoms with van der Waals surface area (Å²) in [7, 11) is -1.47. The molecule has 0 radical (unpaired) electrons. The number of carboxylic acid groups (broad SMARTS) is 1. The Morgan fingerprint density at radius 2 is 1.84 bits per heavy atom. The van der Waals surface area contributed by atoms with Crippen molar-refractivity contribution in [1.29, 1.82) is 0 Å². The number of carbonyl (C=O) groups is 1. The summed E-state index contributed by atoms with van der Waals surface area (Å²) in [6, 6.07) is 18.5. The zero-order valence-corrected chi connectivity index (χ0v) is 19.0. The lowest BCUT2D eigenvalue weighted by Crippen LogP contribution is -2.10. The Balaban J connectivity index is 1.71. The van der Waals surface area contributed by atoms with Gasteiger partial charge in [-0.2, -0.15) is 5.10 Å². The van der Waals surface area contributed by atoms with Crippen molar-refractivity contribution in [3.8, 4) is 11.1 Å². The van der Waals surface area contributed by atoms with Gasteiger partial charge in [0.25, 0.3) is 0 Å². The van der Waals surface area contributed by atoms with Crippen LogP contribution >= 0.6 is 0 Å². The lowest BCUT2D eigenvalue weighted by Gasteiger charge is -2.13. The molecule has 1 atom stereocenters. The molecule has 0 aliphatic carbocycles. The fraction of sp³-hybridized carbons (Fsp3) is 0.200. The highest BCUT2D eigenvalue weighted by Crippen LogP contribution is 2.34. The van der Waals surface area contributed by atoms with E-state index in [0.29, 0.717) is 10.8 Å². The Labute approximate surface area is 189 Å². The van der Waals surface area contributed by atoms with Crippen LogP contribution in [0.1, 0.15) is 29.9 Å². The molecule has 0 aliphatic heterocycles. The van der Waals surface area contributed by atoms with E-state index in [4.69, 9.17) is 0 Å². The zero-order chi connectivity index (χ0) is 22.8. The molecule has 0 saturated carbocycles. The van der Waals surface area contributed by atoms with Crippen molar-refractivity contribution >= 4 is 33.4 Å². The summed E-state index contributed by atoms with van der Waals surface area (Å²) in [5, 5.41) is 15.6. The lowest BCUT2D eigenvalue weighted by atomic mass is 9.96. The molecule has 164 valence electrons. The van der Waals surface area contributed by atoms with E-state index in [1.807, 2.05) is 54.1 Å². The predicted molar refractivity (Wildman–Crippen MR) is 128 cm³/mol. The summed E-state index contributed by atoms with van der Waals surface area (Å²) in [5.74, 6) is -0.516. The van der Waals surface area contributed by atoms with Gasteiger partial charge in [-0.1, -0.05) is 56.3 Å². The van der Waals surface area contributed by atoms with Crippen LogP contribution < -0.4 is 4.72 Å². The molecule has 1 aromatic heterocycles. The number of nitrogens with one attached hydrogen (secondary N) is 1. The van der Waals surface area contributed by atoms with Gasteiger partial charge in [0.15, 0.2) is 11.0 Å². The van der Waals surface area contributed by atoms with Gasteiger partial charge < -0.3 is 9.83 Å². The topological polar surface area (TPSA) is 84.2 Å². The summed E-state index contributed by atoms with van der Waals surface area (Å²) in [4.78, 5) is 12.1. The molecular weight excluding hydrogens is 422 g/mol. The maximum atomic E-state index is 13.1. The molecule has 2 N–H and O–H groups in total. The van der Waals surface area contributed by atoms with Gasteiger partial charge >= 0.3 is 5.97 Å². The van der Waals surface area contributed by atoms with Crippen LogP contribution in [0.2, 0.25) is 0 Å². The Morgan fingerprint density at radius 1 is 1.09 bits per heavy atom. The van der Waals surface area contributed by atoms with Gasteiger partial charge in [-0.05, 0) is 47.6 Å². The van der Waals surface area contributed by atoms with Crippen molar-refractivity contribution in [2.24, 2.45) is 5.92 Å². The molecule has 6 nitrogen and oxygen atoms in total. The van der Waals surface area contributed by atoms with Crippen molar-refractivity contribution in [2.75, 3.05) is 4.72 Å². The number of carboxylic acids is 1. The summed E-state index contributed by atoms with van der Waals surface area (Å²) >= 11 is 0. The highest BCUT2D eigenvalue weighted by molar-refractivity contribution is 7.86. The Hall–Kier alpha value is -3.45. The Morgan fingerprint density at radius 3 is 2.56 bits per heavy atom. The maximum Gasteiger partial charge on any atom is 0.335 e.